The van der Waals surface area contributed by atoms with Gasteiger partial charge in [0.05, 0.1) is 17.7 Å². The summed E-state index contributed by atoms with van der Waals surface area (Å²) in [6, 6.07) is 7.01. The second-order valence-electron chi connectivity index (χ2n) is 12.1. The zero-order valence-corrected chi connectivity index (χ0v) is 27.3. The molecule has 2 saturated heterocycles. The lowest BCUT2D eigenvalue weighted by atomic mass is 9.84. The minimum atomic E-state index is -2.09. The first kappa shape index (κ1) is 32.5. The average molecular weight is 664 g/mol. The molecule has 0 saturated carbocycles. The number of aromatic carboxylic acids is 1. The van der Waals surface area contributed by atoms with Crippen molar-refractivity contribution in [3.8, 4) is 0 Å². The molecule has 2 fully saturated rings. The molecule has 0 spiro atoms. The lowest BCUT2D eigenvalue weighted by molar-refractivity contribution is -0.139. The minimum absolute atomic E-state index is 0.0555. The minimum Gasteiger partial charge on any atom is -0.478 e. The second kappa shape index (κ2) is 12.6. The Morgan fingerprint density at radius 3 is 2.60 bits per heavy atom. The van der Waals surface area contributed by atoms with E-state index in [4.69, 9.17) is 9.73 Å². The van der Waals surface area contributed by atoms with Crippen molar-refractivity contribution in [2.45, 2.75) is 45.8 Å². The second-order valence-corrected chi connectivity index (χ2v) is 13.0. The number of hydrogen-bond acceptors (Lipinski definition) is 9. The van der Waals surface area contributed by atoms with Crippen molar-refractivity contribution in [3.05, 3.63) is 91.8 Å². The van der Waals surface area contributed by atoms with Gasteiger partial charge in [0, 0.05) is 61.5 Å². The Balaban J connectivity index is 1.33. The van der Waals surface area contributed by atoms with Crippen molar-refractivity contribution < 1.29 is 33.0 Å². The largest absolute Gasteiger partial charge is 0.478 e. The molecule has 47 heavy (non-hydrogen) atoms. The van der Waals surface area contributed by atoms with Gasteiger partial charge in [0.2, 0.25) is 0 Å². The van der Waals surface area contributed by atoms with Gasteiger partial charge in [-0.3, -0.25) is 14.7 Å². The van der Waals surface area contributed by atoms with Crippen molar-refractivity contribution in [2.24, 2.45) is 10.9 Å². The van der Waals surface area contributed by atoms with Crippen LogP contribution in [0.2, 0.25) is 0 Å². The maximum Gasteiger partial charge on any atom is 0.338 e. The number of benzene rings is 2. The van der Waals surface area contributed by atoms with Gasteiger partial charge in [0.1, 0.15) is 11.9 Å². The van der Waals surface area contributed by atoms with Crippen LogP contribution in [0.5, 0.6) is 0 Å². The third-order valence-electron chi connectivity index (χ3n) is 9.21. The molecule has 6 rings (SSSR count). The van der Waals surface area contributed by atoms with E-state index in [-0.39, 0.29) is 50.3 Å². The molecule has 1 amide bonds. The van der Waals surface area contributed by atoms with Crippen molar-refractivity contribution in [2.75, 3.05) is 37.7 Å². The number of hydrogen-bond donors (Lipinski definition) is 2. The summed E-state index contributed by atoms with van der Waals surface area (Å²) in [4.78, 5) is 51.4. The first-order chi connectivity index (χ1) is 22.4. The summed E-state index contributed by atoms with van der Waals surface area (Å²) in [5.74, 6) is -2.97. The quantitative estimate of drug-likeness (QED) is 0.327. The number of carboxylic acids is 1. The van der Waals surface area contributed by atoms with Crippen LogP contribution in [0.3, 0.4) is 0 Å². The summed E-state index contributed by atoms with van der Waals surface area (Å²) in [6.45, 7) is 7.54. The molecular formula is C34H35F2N5O5S. The normalized spacial score (nSPS) is 23.0. The van der Waals surface area contributed by atoms with Gasteiger partial charge < -0.3 is 20.1 Å². The lowest BCUT2D eigenvalue weighted by Gasteiger charge is -2.38. The number of carboxylic acid groups (broad SMARTS) is 1. The van der Waals surface area contributed by atoms with Crippen LogP contribution in [-0.4, -0.2) is 77.1 Å². The standard InChI is InChI=1S/C34H35F2N5O5S/c1-5-46-32(44)27-25(38-29(30-37-10-12-47-30)39-28(27)23-7-6-8-24(35)20(23)4)17-40-11-9-34(36)21(15-40)16-41(33(34)45)22-13-18(2)26(31(42)43)19(3)14-22/h6-8,10,12-14,21,28H,5,9,11,15-17H2,1-4H3,(H,38,39)(H,42,43)/t21-,28-,34+/m0/s1. The molecule has 3 aliphatic rings. The molecule has 3 atom stereocenters. The fourth-order valence-electron chi connectivity index (χ4n) is 6.87. The number of amidine groups is 1. The smallest absolute Gasteiger partial charge is 0.338 e. The molecule has 2 aromatic carbocycles. The number of aliphatic imine (C=N–C) groups is 1. The summed E-state index contributed by atoms with van der Waals surface area (Å²) in [5, 5.41) is 15.3. The Morgan fingerprint density at radius 1 is 1.19 bits per heavy atom. The summed E-state index contributed by atoms with van der Waals surface area (Å²) >= 11 is 1.36. The van der Waals surface area contributed by atoms with Crippen LogP contribution in [-0.2, 0) is 14.3 Å². The van der Waals surface area contributed by atoms with E-state index in [1.165, 1.54) is 22.3 Å². The van der Waals surface area contributed by atoms with E-state index in [0.717, 1.165) is 0 Å². The van der Waals surface area contributed by atoms with E-state index in [0.29, 0.717) is 44.5 Å². The number of amides is 1. The number of piperidine rings is 1. The van der Waals surface area contributed by atoms with Crippen LogP contribution in [0.4, 0.5) is 14.5 Å². The molecule has 3 aliphatic heterocycles. The first-order valence-corrected chi connectivity index (χ1v) is 16.3. The number of aromatic nitrogens is 1. The predicted octanol–water partition coefficient (Wildman–Crippen LogP) is 4.89. The Kier molecular flexibility index (Phi) is 8.70. The molecule has 246 valence electrons. The fraction of sp³-hybridized carbons (Fsp3) is 0.382. The van der Waals surface area contributed by atoms with E-state index >= 15 is 4.39 Å². The highest BCUT2D eigenvalue weighted by molar-refractivity contribution is 7.11. The number of rotatable bonds is 8. The van der Waals surface area contributed by atoms with Crippen LogP contribution in [0, 0.1) is 32.5 Å². The van der Waals surface area contributed by atoms with Crippen molar-refractivity contribution in [1.29, 1.82) is 0 Å². The third kappa shape index (κ3) is 5.82. The molecule has 0 unspecified atom stereocenters. The lowest BCUT2D eigenvalue weighted by Crippen LogP contribution is -2.52. The number of esters is 1. The van der Waals surface area contributed by atoms with Crippen LogP contribution in [0.1, 0.15) is 57.0 Å². The number of anilines is 1. The molecular weight excluding hydrogens is 628 g/mol. The van der Waals surface area contributed by atoms with Crippen molar-refractivity contribution in [3.63, 3.8) is 0 Å². The molecule has 10 nitrogen and oxygen atoms in total. The number of nitrogens with zero attached hydrogens (tertiary/aromatic N) is 4. The van der Waals surface area contributed by atoms with Gasteiger partial charge in [-0.05, 0) is 68.1 Å². The van der Waals surface area contributed by atoms with Gasteiger partial charge in [-0.2, -0.15) is 0 Å². The number of ether oxygens (including phenoxy) is 1. The highest BCUT2D eigenvalue weighted by Crippen LogP contribution is 2.43. The molecule has 2 N–H and O–H groups in total. The number of likely N-dealkylation sites (tertiary alicyclic amines) is 1. The average Bonchev–Trinajstić information content (AvgIpc) is 3.65. The zero-order valence-electron chi connectivity index (χ0n) is 26.5. The van der Waals surface area contributed by atoms with E-state index in [1.54, 1.807) is 63.5 Å². The predicted molar refractivity (Wildman–Crippen MR) is 173 cm³/mol. The van der Waals surface area contributed by atoms with Crippen molar-refractivity contribution >= 4 is 40.7 Å². The molecule has 0 radical (unpaired) electrons. The summed E-state index contributed by atoms with van der Waals surface area (Å²) in [5.41, 5.74) is 1.11. The number of aryl methyl sites for hydroxylation is 2. The Bertz CT molecular complexity index is 1800. The number of thiazole rings is 1. The van der Waals surface area contributed by atoms with Gasteiger partial charge in [-0.15, -0.1) is 11.3 Å². The molecule has 0 aliphatic carbocycles. The molecule has 4 heterocycles. The number of fused-ring (bicyclic) bond motifs is 1. The van der Waals surface area contributed by atoms with Gasteiger partial charge >= 0.3 is 11.9 Å². The molecule has 1 aromatic heterocycles. The topological polar surface area (TPSA) is 124 Å². The maximum absolute atomic E-state index is 16.5. The summed E-state index contributed by atoms with van der Waals surface area (Å²) in [6.07, 6.45) is 1.59. The Morgan fingerprint density at radius 2 is 1.94 bits per heavy atom. The van der Waals surface area contributed by atoms with E-state index in [9.17, 15) is 23.9 Å². The Labute approximate surface area is 274 Å². The highest BCUT2D eigenvalue weighted by Gasteiger charge is 2.57. The number of carbonyl (C=O) groups is 3. The molecule has 13 heteroatoms. The zero-order chi connectivity index (χ0) is 33.6. The summed E-state index contributed by atoms with van der Waals surface area (Å²) in [7, 11) is 0. The van der Waals surface area contributed by atoms with Gasteiger partial charge in [-0.25, -0.2) is 23.4 Å². The van der Waals surface area contributed by atoms with E-state index in [2.05, 4.69) is 10.3 Å². The van der Waals surface area contributed by atoms with Crippen LogP contribution >= 0.6 is 11.3 Å². The van der Waals surface area contributed by atoms with Crippen LogP contribution < -0.4 is 10.2 Å². The SMILES string of the molecule is CCOC(=O)C1=C(CN2CC[C@]3(F)C(=O)N(c4cc(C)c(C(=O)O)c(C)c4)C[C@@H]3C2)NC(c2nccs2)=N[C@H]1c1cccc(F)c1C. The van der Waals surface area contributed by atoms with Crippen molar-refractivity contribution in [1.82, 2.24) is 15.2 Å². The van der Waals surface area contributed by atoms with E-state index < -0.39 is 41.3 Å². The monoisotopic (exact) mass is 663 g/mol. The van der Waals surface area contributed by atoms with E-state index in [1.807, 2.05) is 4.90 Å². The Hall–Kier alpha value is -4.49. The molecule has 3 aromatic rings. The number of carbonyl (C=O) groups excluding carboxylic acids is 2. The van der Waals surface area contributed by atoms with Gasteiger partial charge in [0.15, 0.2) is 16.5 Å². The number of alkyl halides is 1. The first-order valence-electron chi connectivity index (χ1n) is 15.4. The van der Waals surface area contributed by atoms with Gasteiger partial charge in [-0.1, -0.05) is 12.1 Å². The number of halogens is 2. The van der Waals surface area contributed by atoms with Gasteiger partial charge in [0.25, 0.3) is 5.91 Å². The summed E-state index contributed by atoms with van der Waals surface area (Å²) < 4.78 is 36.8. The maximum atomic E-state index is 16.5. The van der Waals surface area contributed by atoms with Crippen LogP contribution in [0.25, 0.3) is 0 Å². The third-order valence-corrected chi connectivity index (χ3v) is 9.99. The molecule has 0 bridgehead atoms. The highest BCUT2D eigenvalue weighted by atomic mass is 32.1. The van der Waals surface area contributed by atoms with Crippen LogP contribution in [0.15, 0.2) is 58.2 Å². The number of nitrogens with one attached hydrogen (secondary N) is 1. The fourth-order valence-corrected chi connectivity index (χ4v) is 7.46.